The van der Waals surface area contributed by atoms with E-state index in [0.29, 0.717) is 0 Å². The number of amides is 4. The van der Waals surface area contributed by atoms with Gasteiger partial charge in [-0.3, -0.25) is 4.79 Å². The van der Waals surface area contributed by atoms with Crippen molar-refractivity contribution in [2.75, 3.05) is 33.7 Å². The molecule has 5 N–H and O–H groups in total. The van der Waals surface area contributed by atoms with E-state index in [1.807, 2.05) is 0 Å². The summed E-state index contributed by atoms with van der Waals surface area (Å²) >= 11 is 0. The number of nitrogens with one attached hydrogen (secondary N) is 3. The van der Waals surface area contributed by atoms with E-state index in [1.54, 1.807) is 34.9 Å². The number of hydrogen-bond donors (Lipinski definition) is 4. The number of nitrogens with zero attached hydrogens (tertiary/aromatic N) is 1. The summed E-state index contributed by atoms with van der Waals surface area (Å²) in [4.78, 5) is 35.7. The normalized spacial score (nSPS) is 12.1. The summed E-state index contributed by atoms with van der Waals surface area (Å²) in [5, 5.41) is 7.65. The molecule has 0 unspecified atom stereocenters. The maximum Gasteiger partial charge on any atom is 0.407 e. The lowest BCUT2D eigenvalue weighted by molar-refractivity contribution is -0.128. The van der Waals surface area contributed by atoms with Crippen molar-refractivity contribution in [3.8, 4) is 0 Å². The van der Waals surface area contributed by atoms with Crippen LogP contribution in [0.5, 0.6) is 0 Å². The van der Waals surface area contributed by atoms with Crippen LogP contribution in [-0.2, 0) is 9.53 Å². The lowest BCUT2D eigenvalue weighted by Crippen LogP contribution is -2.48. The van der Waals surface area contributed by atoms with Crippen molar-refractivity contribution < 1.29 is 19.1 Å². The molecule has 0 saturated carbocycles. The van der Waals surface area contributed by atoms with Gasteiger partial charge in [-0.25, -0.2) is 9.59 Å². The number of carbonyl (C=O) groups is 3. The number of hydrogen-bond acceptors (Lipinski definition) is 5. The largest absolute Gasteiger partial charge is 0.444 e. The van der Waals surface area contributed by atoms with Crippen molar-refractivity contribution >= 4 is 18.0 Å². The highest BCUT2D eigenvalue weighted by atomic mass is 16.6. The Kier molecular flexibility index (Phi) is 9.01. The fraction of sp³-hybridized carbons (Fsp3) is 0.786. The summed E-state index contributed by atoms with van der Waals surface area (Å²) < 4.78 is 5.07. The fourth-order valence-electron chi connectivity index (χ4n) is 1.39. The zero-order valence-electron chi connectivity index (χ0n) is 14.6. The highest BCUT2D eigenvalue weighted by Gasteiger charge is 2.16. The number of alkyl carbamates (subject to hydrolysis) is 1. The van der Waals surface area contributed by atoms with Crippen LogP contribution in [0.15, 0.2) is 0 Å². The highest BCUT2D eigenvalue weighted by molar-refractivity contribution is 5.77. The maximum absolute atomic E-state index is 11.5. The third-order valence-corrected chi connectivity index (χ3v) is 2.56. The van der Waals surface area contributed by atoms with E-state index < -0.39 is 23.8 Å². The molecule has 0 bridgehead atoms. The summed E-state index contributed by atoms with van der Waals surface area (Å²) in [5.74, 6) is -0.0661. The van der Waals surface area contributed by atoms with Crippen molar-refractivity contribution in [1.82, 2.24) is 20.9 Å². The molecule has 0 heterocycles. The predicted molar refractivity (Wildman–Crippen MR) is 86.9 cm³/mol. The lowest BCUT2D eigenvalue weighted by Gasteiger charge is -2.21. The number of rotatable bonds is 7. The van der Waals surface area contributed by atoms with E-state index in [4.69, 9.17) is 10.5 Å². The van der Waals surface area contributed by atoms with E-state index in [2.05, 4.69) is 16.0 Å². The molecule has 0 rings (SSSR count). The summed E-state index contributed by atoms with van der Waals surface area (Å²) in [6.45, 7) is 5.89. The first-order valence-electron chi connectivity index (χ1n) is 7.45. The van der Waals surface area contributed by atoms with E-state index in [1.165, 1.54) is 4.90 Å². The van der Waals surface area contributed by atoms with Crippen LogP contribution in [0.2, 0.25) is 0 Å². The fourth-order valence-corrected chi connectivity index (χ4v) is 1.39. The molecule has 0 aromatic rings. The quantitative estimate of drug-likeness (QED) is 0.506. The molecule has 0 aliphatic rings. The molecular formula is C14H29N5O4. The SMILES string of the molecule is CN(C)C(=O)CCNC(=O)NC[C@@H](N)CNC(=O)OC(C)(C)C. The second-order valence-corrected chi connectivity index (χ2v) is 6.32. The van der Waals surface area contributed by atoms with Gasteiger partial charge in [0.05, 0.1) is 0 Å². The molecule has 0 aromatic carbocycles. The monoisotopic (exact) mass is 331 g/mol. The Morgan fingerprint density at radius 2 is 1.65 bits per heavy atom. The van der Waals surface area contributed by atoms with E-state index in [9.17, 15) is 14.4 Å². The van der Waals surface area contributed by atoms with Crippen LogP contribution in [-0.4, -0.2) is 68.3 Å². The van der Waals surface area contributed by atoms with Crippen LogP contribution >= 0.6 is 0 Å². The number of ether oxygens (including phenoxy) is 1. The minimum absolute atomic E-state index is 0.0661. The third-order valence-electron chi connectivity index (χ3n) is 2.56. The smallest absolute Gasteiger partial charge is 0.407 e. The Bertz CT molecular complexity index is 406. The number of carbonyl (C=O) groups excluding carboxylic acids is 3. The van der Waals surface area contributed by atoms with Crippen LogP contribution < -0.4 is 21.7 Å². The molecule has 0 spiro atoms. The van der Waals surface area contributed by atoms with Crippen molar-refractivity contribution in [1.29, 1.82) is 0 Å². The average Bonchev–Trinajstić information content (AvgIpc) is 2.40. The van der Waals surface area contributed by atoms with Gasteiger partial charge in [-0.15, -0.1) is 0 Å². The number of nitrogens with two attached hydrogens (primary N) is 1. The van der Waals surface area contributed by atoms with Gasteiger partial charge < -0.3 is 31.3 Å². The highest BCUT2D eigenvalue weighted by Crippen LogP contribution is 2.06. The van der Waals surface area contributed by atoms with Gasteiger partial charge in [0.2, 0.25) is 5.91 Å². The average molecular weight is 331 g/mol. The van der Waals surface area contributed by atoms with Crippen LogP contribution in [0.25, 0.3) is 0 Å². The van der Waals surface area contributed by atoms with Gasteiger partial charge in [-0.05, 0) is 20.8 Å². The molecule has 0 fully saturated rings. The topological polar surface area (TPSA) is 126 Å². The van der Waals surface area contributed by atoms with Crippen LogP contribution in [0.3, 0.4) is 0 Å². The van der Waals surface area contributed by atoms with Crippen molar-refractivity contribution in [3.63, 3.8) is 0 Å². The minimum atomic E-state index is -0.573. The second-order valence-electron chi connectivity index (χ2n) is 6.32. The standard InChI is InChI=1S/C14H29N5O4/c1-14(2,3)23-13(22)18-9-10(15)8-17-12(21)16-7-6-11(20)19(4)5/h10H,6-9,15H2,1-5H3,(H,18,22)(H2,16,17,21)/t10-/m1/s1. The minimum Gasteiger partial charge on any atom is -0.444 e. The predicted octanol–water partition coefficient (Wildman–Crippen LogP) is -0.384. The molecule has 4 amide bonds. The first-order valence-corrected chi connectivity index (χ1v) is 7.45. The first-order chi connectivity index (χ1) is 10.5. The molecular weight excluding hydrogens is 302 g/mol. The molecule has 23 heavy (non-hydrogen) atoms. The van der Waals surface area contributed by atoms with Crippen LogP contribution in [0.4, 0.5) is 9.59 Å². The van der Waals surface area contributed by atoms with Crippen LogP contribution in [0, 0.1) is 0 Å². The van der Waals surface area contributed by atoms with Crippen molar-refractivity contribution in [2.45, 2.75) is 38.8 Å². The van der Waals surface area contributed by atoms with Gasteiger partial charge in [0, 0.05) is 46.2 Å². The zero-order chi connectivity index (χ0) is 18.0. The van der Waals surface area contributed by atoms with Gasteiger partial charge in [-0.1, -0.05) is 0 Å². The zero-order valence-corrected chi connectivity index (χ0v) is 14.6. The molecule has 0 radical (unpaired) electrons. The van der Waals surface area contributed by atoms with Crippen LogP contribution in [0.1, 0.15) is 27.2 Å². The Morgan fingerprint density at radius 1 is 1.09 bits per heavy atom. The molecule has 134 valence electrons. The Morgan fingerprint density at radius 3 is 2.17 bits per heavy atom. The van der Waals surface area contributed by atoms with Gasteiger partial charge in [0.15, 0.2) is 0 Å². The lowest BCUT2D eigenvalue weighted by atomic mass is 10.2. The summed E-state index contributed by atoms with van der Waals surface area (Å²) in [5.41, 5.74) is 5.20. The summed E-state index contributed by atoms with van der Waals surface area (Å²) in [6.07, 6.45) is -0.327. The van der Waals surface area contributed by atoms with Gasteiger partial charge >= 0.3 is 12.1 Å². The summed E-state index contributed by atoms with van der Waals surface area (Å²) in [6, 6.07) is -0.860. The molecule has 0 aliphatic carbocycles. The Balaban J connectivity index is 3.80. The molecule has 0 saturated heterocycles. The Labute approximate surface area is 137 Å². The van der Waals surface area contributed by atoms with Gasteiger partial charge in [0.25, 0.3) is 0 Å². The van der Waals surface area contributed by atoms with Gasteiger partial charge in [-0.2, -0.15) is 0 Å². The van der Waals surface area contributed by atoms with Gasteiger partial charge in [0.1, 0.15) is 5.60 Å². The van der Waals surface area contributed by atoms with Crippen molar-refractivity contribution in [2.24, 2.45) is 5.73 Å². The first kappa shape index (κ1) is 21.0. The van der Waals surface area contributed by atoms with E-state index in [-0.39, 0.29) is 32.0 Å². The molecule has 9 heteroatoms. The molecule has 9 nitrogen and oxygen atoms in total. The van der Waals surface area contributed by atoms with E-state index in [0.717, 1.165) is 0 Å². The Hall–Kier alpha value is -2.03. The number of urea groups is 1. The maximum atomic E-state index is 11.5. The summed E-state index contributed by atoms with van der Waals surface area (Å²) in [7, 11) is 3.30. The van der Waals surface area contributed by atoms with E-state index >= 15 is 0 Å². The third kappa shape index (κ3) is 12.2. The molecule has 0 aliphatic heterocycles. The molecule has 0 aromatic heterocycles. The van der Waals surface area contributed by atoms with Crippen molar-refractivity contribution in [3.05, 3.63) is 0 Å². The second kappa shape index (κ2) is 9.88. The molecule has 1 atom stereocenters.